The van der Waals surface area contributed by atoms with Crippen LogP contribution in [0.5, 0.6) is 0 Å². The van der Waals surface area contributed by atoms with Crippen LogP contribution in [0.25, 0.3) is 0 Å². The lowest BCUT2D eigenvalue weighted by Crippen LogP contribution is -2.52. The van der Waals surface area contributed by atoms with Crippen LogP contribution in [-0.4, -0.2) is 74.7 Å². The summed E-state index contributed by atoms with van der Waals surface area (Å²) in [6, 6.07) is 0. The molecule has 0 aliphatic carbocycles. The molecule has 2 rings (SSSR count). The summed E-state index contributed by atoms with van der Waals surface area (Å²) in [5, 5.41) is 0. The number of piperazine rings is 1. The number of carbonyl (C=O) groups excluding carboxylic acids is 2. The van der Waals surface area contributed by atoms with E-state index in [-0.39, 0.29) is 24.3 Å². The highest BCUT2D eigenvalue weighted by atomic mass is 16.5. The number of ether oxygens (including phenoxy) is 2. The molecule has 18 heavy (non-hydrogen) atoms. The second kappa shape index (κ2) is 6.15. The maximum Gasteiger partial charge on any atom is 0.248 e. The SMILES string of the molecule is COCC(=O)N1CCN(C(=O)C2CCOC2)CC1. The first kappa shape index (κ1) is 13.3. The van der Waals surface area contributed by atoms with Crippen LogP contribution in [-0.2, 0) is 19.1 Å². The first-order valence-corrected chi connectivity index (χ1v) is 6.35. The molecule has 2 amide bonds. The third kappa shape index (κ3) is 3.00. The van der Waals surface area contributed by atoms with E-state index >= 15 is 0 Å². The Morgan fingerprint density at radius 3 is 2.44 bits per heavy atom. The zero-order chi connectivity index (χ0) is 13.0. The van der Waals surface area contributed by atoms with E-state index in [0.717, 1.165) is 6.42 Å². The van der Waals surface area contributed by atoms with Crippen LogP contribution in [0.4, 0.5) is 0 Å². The molecule has 0 saturated carbocycles. The van der Waals surface area contributed by atoms with Crippen molar-refractivity contribution in [2.75, 3.05) is 53.1 Å². The van der Waals surface area contributed by atoms with Gasteiger partial charge in [-0.25, -0.2) is 0 Å². The summed E-state index contributed by atoms with van der Waals surface area (Å²) in [6.07, 6.45) is 0.821. The quantitative estimate of drug-likeness (QED) is 0.672. The van der Waals surface area contributed by atoms with Crippen LogP contribution < -0.4 is 0 Å². The van der Waals surface area contributed by atoms with E-state index in [1.807, 2.05) is 4.90 Å². The molecule has 1 unspecified atom stereocenters. The van der Waals surface area contributed by atoms with E-state index < -0.39 is 0 Å². The Hall–Kier alpha value is -1.14. The van der Waals surface area contributed by atoms with Crippen molar-refractivity contribution in [2.45, 2.75) is 6.42 Å². The predicted molar refractivity (Wildman–Crippen MR) is 64.0 cm³/mol. The minimum absolute atomic E-state index is 0.00574. The Bertz CT molecular complexity index is 307. The molecule has 6 heteroatoms. The molecule has 0 bridgehead atoms. The van der Waals surface area contributed by atoms with Gasteiger partial charge in [0.05, 0.1) is 12.5 Å². The summed E-state index contributed by atoms with van der Waals surface area (Å²) < 4.78 is 10.1. The minimum atomic E-state index is -0.00574. The molecule has 2 aliphatic rings. The topological polar surface area (TPSA) is 59.1 Å². The van der Waals surface area contributed by atoms with Gasteiger partial charge in [0, 0.05) is 39.9 Å². The second-order valence-electron chi connectivity index (χ2n) is 4.70. The fourth-order valence-electron chi connectivity index (χ4n) is 2.38. The summed E-state index contributed by atoms with van der Waals surface area (Å²) in [5.74, 6) is 0.186. The van der Waals surface area contributed by atoms with Gasteiger partial charge in [0.1, 0.15) is 6.61 Å². The Morgan fingerprint density at radius 2 is 1.89 bits per heavy atom. The average molecular weight is 256 g/mol. The van der Waals surface area contributed by atoms with Crippen molar-refractivity contribution < 1.29 is 19.1 Å². The number of methoxy groups -OCH3 is 1. The van der Waals surface area contributed by atoms with Gasteiger partial charge in [0.2, 0.25) is 11.8 Å². The first-order chi connectivity index (χ1) is 8.72. The number of amides is 2. The van der Waals surface area contributed by atoms with E-state index in [1.54, 1.807) is 4.90 Å². The third-order valence-corrected chi connectivity index (χ3v) is 3.49. The van der Waals surface area contributed by atoms with Crippen molar-refractivity contribution in [1.82, 2.24) is 9.80 Å². The highest BCUT2D eigenvalue weighted by molar-refractivity contribution is 5.80. The molecule has 0 aromatic heterocycles. The molecule has 2 heterocycles. The van der Waals surface area contributed by atoms with E-state index in [4.69, 9.17) is 9.47 Å². The molecule has 0 N–H and O–H groups in total. The number of hydrogen-bond acceptors (Lipinski definition) is 4. The third-order valence-electron chi connectivity index (χ3n) is 3.49. The van der Waals surface area contributed by atoms with Gasteiger partial charge in [-0.05, 0) is 6.42 Å². The van der Waals surface area contributed by atoms with Crippen LogP contribution in [0.3, 0.4) is 0 Å². The summed E-state index contributed by atoms with van der Waals surface area (Å²) in [4.78, 5) is 27.3. The highest BCUT2D eigenvalue weighted by Gasteiger charge is 2.30. The maximum absolute atomic E-state index is 12.1. The molecule has 0 aromatic rings. The number of rotatable bonds is 3. The monoisotopic (exact) mass is 256 g/mol. The normalized spacial score (nSPS) is 24.4. The van der Waals surface area contributed by atoms with Crippen molar-refractivity contribution >= 4 is 11.8 Å². The van der Waals surface area contributed by atoms with E-state index in [2.05, 4.69) is 0 Å². The molecule has 2 fully saturated rings. The largest absolute Gasteiger partial charge is 0.381 e. The van der Waals surface area contributed by atoms with Gasteiger partial charge in [-0.2, -0.15) is 0 Å². The molecule has 0 radical (unpaired) electrons. The number of hydrogen-bond donors (Lipinski definition) is 0. The highest BCUT2D eigenvalue weighted by Crippen LogP contribution is 2.16. The summed E-state index contributed by atoms with van der Waals surface area (Å²) >= 11 is 0. The van der Waals surface area contributed by atoms with Crippen LogP contribution in [0.1, 0.15) is 6.42 Å². The number of nitrogens with zero attached hydrogens (tertiary/aromatic N) is 2. The molecule has 6 nitrogen and oxygen atoms in total. The Balaban J connectivity index is 1.79. The molecule has 102 valence electrons. The van der Waals surface area contributed by atoms with Crippen molar-refractivity contribution in [3.63, 3.8) is 0 Å². The summed E-state index contributed by atoms with van der Waals surface area (Å²) in [5.41, 5.74) is 0. The smallest absolute Gasteiger partial charge is 0.248 e. The fraction of sp³-hybridized carbons (Fsp3) is 0.833. The van der Waals surface area contributed by atoms with Crippen molar-refractivity contribution in [3.05, 3.63) is 0 Å². The Kier molecular flexibility index (Phi) is 4.54. The Morgan fingerprint density at radius 1 is 1.22 bits per heavy atom. The van der Waals surface area contributed by atoms with E-state index in [9.17, 15) is 9.59 Å². The van der Waals surface area contributed by atoms with Crippen LogP contribution in [0, 0.1) is 5.92 Å². The van der Waals surface area contributed by atoms with Gasteiger partial charge in [0.25, 0.3) is 0 Å². The molecular weight excluding hydrogens is 236 g/mol. The average Bonchev–Trinajstić information content (AvgIpc) is 2.92. The van der Waals surface area contributed by atoms with Gasteiger partial charge in [0.15, 0.2) is 0 Å². The standard InChI is InChI=1S/C12H20N2O4/c1-17-9-11(15)13-3-5-14(6-4-13)12(16)10-2-7-18-8-10/h10H,2-9H2,1H3. The predicted octanol–water partition coefficient (Wildman–Crippen LogP) is -0.660. The number of carbonyl (C=O) groups is 2. The van der Waals surface area contributed by atoms with Crippen LogP contribution in [0.15, 0.2) is 0 Å². The summed E-state index contributed by atoms with van der Waals surface area (Å²) in [7, 11) is 1.51. The van der Waals surface area contributed by atoms with E-state index in [1.165, 1.54) is 7.11 Å². The molecule has 2 aliphatic heterocycles. The molecule has 0 aromatic carbocycles. The summed E-state index contributed by atoms with van der Waals surface area (Å²) in [6.45, 7) is 3.77. The van der Waals surface area contributed by atoms with Gasteiger partial charge >= 0.3 is 0 Å². The first-order valence-electron chi connectivity index (χ1n) is 6.35. The van der Waals surface area contributed by atoms with Crippen LogP contribution >= 0.6 is 0 Å². The minimum Gasteiger partial charge on any atom is -0.381 e. The molecular formula is C12H20N2O4. The molecule has 1 atom stereocenters. The molecule has 2 saturated heterocycles. The van der Waals surface area contributed by atoms with Gasteiger partial charge in [-0.15, -0.1) is 0 Å². The maximum atomic E-state index is 12.1. The van der Waals surface area contributed by atoms with Crippen LogP contribution in [0.2, 0.25) is 0 Å². The van der Waals surface area contributed by atoms with Crippen molar-refractivity contribution in [2.24, 2.45) is 5.92 Å². The zero-order valence-corrected chi connectivity index (χ0v) is 10.8. The fourth-order valence-corrected chi connectivity index (χ4v) is 2.38. The lowest BCUT2D eigenvalue weighted by Gasteiger charge is -2.35. The van der Waals surface area contributed by atoms with Gasteiger partial charge in [-0.3, -0.25) is 9.59 Å². The van der Waals surface area contributed by atoms with Crippen molar-refractivity contribution in [1.29, 1.82) is 0 Å². The molecule has 0 spiro atoms. The van der Waals surface area contributed by atoms with Gasteiger partial charge in [-0.1, -0.05) is 0 Å². The lowest BCUT2D eigenvalue weighted by atomic mass is 10.1. The Labute approximate surface area is 107 Å². The van der Waals surface area contributed by atoms with Crippen molar-refractivity contribution in [3.8, 4) is 0 Å². The van der Waals surface area contributed by atoms with E-state index in [0.29, 0.717) is 39.4 Å². The second-order valence-corrected chi connectivity index (χ2v) is 4.70. The lowest BCUT2D eigenvalue weighted by molar-refractivity contribution is -0.143. The van der Waals surface area contributed by atoms with Gasteiger partial charge < -0.3 is 19.3 Å². The zero-order valence-electron chi connectivity index (χ0n) is 10.8.